The largest absolute Gasteiger partial charge is 0.453 e. The summed E-state index contributed by atoms with van der Waals surface area (Å²) in [5.74, 6) is -1.52. The van der Waals surface area contributed by atoms with E-state index in [1.54, 1.807) is 13.8 Å². The molecule has 2 aromatic heterocycles. The SMILES string of the molecule is Cc1nc2nc(C(F)(F)F)nn2c(C)c1CCC(=O)Nc1ccccc1CN1CCc2ccccc21. The second kappa shape index (κ2) is 9.25. The number of alkyl halides is 3. The van der Waals surface area contributed by atoms with Crippen LogP contribution in [0.25, 0.3) is 5.78 Å². The van der Waals surface area contributed by atoms with E-state index in [-0.39, 0.29) is 18.1 Å². The van der Waals surface area contributed by atoms with Gasteiger partial charge in [-0.3, -0.25) is 4.79 Å². The van der Waals surface area contributed by atoms with Crippen molar-refractivity contribution in [2.24, 2.45) is 0 Å². The number of amides is 1. The molecule has 0 saturated heterocycles. The normalized spacial score (nSPS) is 13.3. The minimum Gasteiger partial charge on any atom is -0.367 e. The van der Waals surface area contributed by atoms with E-state index in [0.717, 1.165) is 28.7 Å². The number of benzene rings is 2. The van der Waals surface area contributed by atoms with Crippen LogP contribution in [0.4, 0.5) is 24.5 Å². The number of nitrogens with one attached hydrogen (secondary N) is 1. The third kappa shape index (κ3) is 4.62. The Morgan fingerprint density at radius 3 is 2.61 bits per heavy atom. The molecule has 0 unspecified atom stereocenters. The van der Waals surface area contributed by atoms with Gasteiger partial charge in [0.05, 0.1) is 0 Å². The number of anilines is 2. The van der Waals surface area contributed by atoms with Gasteiger partial charge in [0.1, 0.15) is 0 Å². The highest BCUT2D eigenvalue weighted by molar-refractivity contribution is 5.91. The van der Waals surface area contributed by atoms with E-state index in [1.807, 2.05) is 36.4 Å². The summed E-state index contributed by atoms with van der Waals surface area (Å²) in [5.41, 5.74) is 6.00. The zero-order valence-corrected chi connectivity index (χ0v) is 19.9. The number of hydrogen-bond acceptors (Lipinski definition) is 5. The van der Waals surface area contributed by atoms with Gasteiger partial charge in [-0.1, -0.05) is 36.4 Å². The fraction of sp³-hybridized carbons (Fsp3) is 0.308. The lowest BCUT2D eigenvalue weighted by Gasteiger charge is -2.21. The van der Waals surface area contributed by atoms with Gasteiger partial charge in [0.15, 0.2) is 0 Å². The number of rotatable bonds is 6. The van der Waals surface area contributed by atoms with Crippen LogP contribution < -0.4 is 10.2 Å². The molecule has 2 aromatic carbocycles. The van der Waals surface area contributed by atoms with Gasteiger partial charge in [0.25, 0.3) is 11.6 Å². The molecular formula is C26H25F3N6O. The van der Waals surface area contributed by atoms with E-state index < -0.39 is 12.0 Å². The molecule has 0 saturated carbocycles. The number of aryl methyl sites for hydroxylation is 2. The fourth-order valence-corrected chi connectivity index (χ4v) is 4.70. The molecule has 1 aliphatic heterocycles. The van der Waals surface area contributed by atoms with Crippen LogP contribution in [0.1, 0.15) is 40.3 Å². The van der Waals surface area contributed by atoms with Crippen LogP contribution in [0.3, 0.4) is 0 Å². The average molecular weight is 495 g/mol. The Kier molecular flexibility index (Phi) is 6.11. The molecule has 0 atom stereocenters. The first-order valence-corrected chi connectivity index (χ1v) is 11.7. The predicted octanol–water partition coefficient (Wildman–Crippen LogP) is 4.89. The third-order valence-electron chi connectivity index (χ3n) is 6.54. The lowest BCUT2D eigenvalue weighted by Crippen LogP contribution is -2.21. The molecule has 1 N–H and O–H groups in total. The van der Waals surface area contributed by atoms with Crippen LogP contribution in [0, 0.1) is 13.8 Å². The number of aromatic nitrogens is 4. The minimum atomic E-state index is -4.65. The maximum atomic E-state index is 13.0. The van der Waals surface area contributed by atoms with E-state index in [1.165, 1.54) is 11.3 Å². The molecule has 0 radical (unpaired) electrons. The quantitative estimate of drug-likeness (QED) is 0.413. The zero-order chi connectivity index (χ0) is 25.4. The number of nitrogens with zero attached hydrogens (tertiary/aromatic N) is 5. The molecule has 0 fully saturated rings. The molecule has 7 nitrogen and oxygen atoms in total. The lowest BCUT2D eigenvalue weighted by molar-refractivity contribution is -0.144. The summed E-state index contributed by atoms with van der Waals surface area (Å²) >= 11 is 0. The molecular weight excluding hydrogens is 469 g/mol. The van der Waals surface area contributed by atoms with Crippen molar-refractivity contribution in [2.45, 2.75) is 45.8 Å². The number of para-hydroxylation sites is 2. The van der Waals surface area contributed by atoms with Gasteiger partial charge < -0.3 is 10.2 Å². The zero-order valence-electron chi connectivity index (χ0n) is 19.9. The Balaban J connectivity index is 1.29. The van der Waals surface area contributed by atoms with Crippen LogP contribution in [-0.2, 0) is 30.4 Å². The summed E-state index contributed by atoms with van der Waals surface area (Å²) in [5, 5.41) is 6.58. The highest BCUT2D eigenvalue weighted by atomic mass is 19.4. The van der Waals surface area contributed by atoms with Crippen LogP contribution in [0.15, 0.2) is 48.5 Å². The van der Waals surface area contributed by atoms with Gasteiger partial charge in [-0.25, -0.2) is 9.50 Å². The van der Waals surface area contributed by atoms with Crippen LogP contribution in [0.5, 0.6) is 0 Å². The van der Waals surface area contributed by atoms with E-state index >= 15 is 0 Å². The average Bonchev–Trinajstić information content (AvgIpc) is 3.45. The summed E-state index contributed by atoms with van der Waals surface area (Å²) in [6.07, 6.45) is -3.19. The van der Waals surface area contributed by atoms with Gasteiger partial charge in [-0.15, -0.1) is 5.10 Å². The molecule has 186 valence electrons. The third-order valence-corrected chi connectivity index (χ3v) is 6.54. The van der Waals surface area contributed by atoms with Crippen molar-refractivity contribution in [3.05, 3.63) is 82.4 Å². The smallest absolute Gasteiger partial charge is 0.367 e. The van der Waals surface area contributed by atoms with Crippen LogP contribution in [0.2, 0.25) is 0 Å². The molecule has 10 heteroatoms. The van der Waals surface area contributed by atoms with Crippen LogP contribution in [-0.4, -0.2) is 32.0 Å². The predicted molar refractivity (Wildman–Crippen MR) is 130 cm³/mol. The van der Waals surface area contributed by atoms with E-state index in [9.17, 15) is 18.0 Å². The van der Waals surface area contributed by atoms with Crippen molar-refractivity contribution in [2.75, 3.05) is 16.8 Å². The second-order valence-corrected chi connectivity index (χ2v) is 8.91. The first kappa shape index (κ1) is 23.8. The molecule has 1 amide bonds. The first-order chi connectivity index (χ1) is 17.2. The molecule has 0 spiro atoms. The highest BCUT2D eigenvalue weighted by Gasteiger charge is 2.37. The van der Waals surface area contributed by atoms with E-state index in [4.69, 9.17) is 0 Å². The standard InChI is InChI=1S/C26H25F3N6O/c1-16-20(17(2)35-25(30-16)32-24(33-35)26(27,28)29)11-12-23(36)31-21-9-5-3-8-19(21)15-34-14-13-18-7-4-6-10-22(18)34/h3-10H,11-15H2,1-2H3,(H,31,36). The Bertz CT molecular complexity index is 1450. The molecule has 3 heterocycles. The van der Waals surface area contributed by atoms with Crippen molar-refractivity contribution in [3.8, 4) is 0 Å². The maximum absolute atomic E-state index is 13.0. The van der Waals surface area contributed by atoms with E-state index in [0.29, 0.717) is 29.9 Å². The summed E-state index contributed by atoms with van der Waals surface area (Å²) in [4.78, 5) is 22.8. The summed E-state index contributed by atoms with van der Waals surface area (Å²) in [6.45, 7) is 4.96. The van der Waals surface area contributed by atoms with Crippen LogP contribution >= 0.6 is 0 Å². The number of carbonyl (C=O) groups is 1. The monoisotopic (exact) mass is 494 g/mol. The first-order valence-electron chi connectivity index (χ1n) is 11.7. The summed E-state index contributed by atoms with van der Waals surface area (Å²) in [7, 11) is 0. The fourth-order valence-electron chi connectivity index (χ4n) is 4.70. The maximum Gasteiger partial charge on any atom is 0.453 e. The second-order valence-electron chi connectivity index (χ2n) is 8.91. The number of carbonyl (C=O) groups excluding carboxylic acids is 1. The van der Waals surface area contributed by atoms with Gasteiger partial charge in [0, 0.05) is 42.3 Å². The molecule has 5 rings (SSSR count). The van der Waals surface area contributed by atoms with Gasteiger partial charge in [-0.2, -0.15) is 18.2 Å². The Morgan fingerprint density at radius 2 is 1.81 bits per heavy atom. The molecule has 4 aromatic rings. The summed E-state index contributed by atoms with van der Waals surface area (Å²) in [6, 6.07) is 16.1. The molecule has 0 aliphatic carbocycles. The molecule has 1 aliphatic rings. The summed E-state index contributed by atoms with van der Waals surface area (Å²) < 4.78 is 40.2. The highest BCUT2D eigenvalue weighted by Crippen LogP contribution is 2.31. The molecule has 0 bridgehead atoms. The number of fused-ring (bicyclic) bond motifs is 2. The van der Waals surface area contributed by atoms with Crippen molar-refractivity contribution < 1.29 is 18.0 Å². The van der Waals surface area contributed by atoms with Gasteiger partial charge >= 0.3 is 6.18 Å². The Labute approximate surface area is 206 Å². The Hall–Kier alpha value is -3.95. The van der Waals surface area contributed by atoms with Crippen molar-refractivity contribution >= 4 is 23.1 Å². The van der Waals surface area contributed by atoms with Gasteiger partial charge in [-0.05, 0) is 55.5 Å². The van der Waals surface area contributed by atoms with Crippen molar-refractivity contribution in [1.29, 1.82) is 0 Å². The topological polar surface area (TPSA) is 75.4 Å². The van der Waals surface area contributed by atoms with Gasteiger partial charge in [0.2, 0.25) is 5.91 Å². The number of halogens is 3. The Morgan fingerprint density at radius 1 is 1.06 bits per heavy atom. The van der Waals surface area contributed by atoms with E-state index in [2.05, 4.69) is 37.4 Å². The van der Waals surface area contributed by atoms with Crippen molar-refractivity contribution in [1.82, 2.24) is 19.6 Å². The molecule has 36 heavy (non-hydrogen) atoms. The minimum absolute atomic E-state index is 0.108. The van der Waals surface area contributed by atoms with Crippen molar-refractivity contribution in [3.63, 3.8) is 0 Å². The number of hydrogen-bond donors (Lipinski definition) is 1. The lowest BCUT2D eigenvalue weighted by atomic mass is 10.1.